The van der Waals surface area contributed by atoms with E-state index in [-0.39, 0.29) is 6.61 Å². The lowest BCUT2D eigenvalue weighted by molar-refractivity contribution is 0.295. The van der Waals surface area contributed by atoms with Gasteiger partial charge in [0, 0.05) is 12.3 Å². The summed E-state index contributed by atoms with van der Waals surface area (Å²) in [6.45, 7) is 0.577. The van der Waals surface area contributed by atoms with Crippen LogP contribution < -0.4 is 16.0 Å². The topological polar surface area (TPSA) is 87.9 Å². The van der Waals surface area contributed by atoms with Gasteiger partial charge in [-0.05, 0) is 18.2 Å². The van der Waals surface area contributed by atoms with Gasteiger partial charge in [0.25, 0.3) is 5.56 Å². The number of aromatic amines is 1. The Bertz CT molecular complexity index is 725. The van der Waals surface area contributed by atoms with Crippen molar-refractivity contribution in [3.63, 3.8) is 0 Å². The highest BCUT2D eigenvalue weighted by atomic mass is 16.5. The minimum absolute atomic E-state index is 0.265. The van der Waals surface area contributed by atoms with Crippen molar-refractivity contribution in [1.82, 2.24) is 9.55 Å². The highest BCUT2D eigenvalue weighted by Crippen LogP contribution is 2.12. The summed E-state index contributed by atoms with van der Waals surface area (Å²) in [5, 5.41) is 8.74. The lowest BCUT2D eigenvalue weighted by atomic mass is 10.2. The van der Waals surface area contributed by atoms with Crippen LogP contribution in [0.1, 0.15) is 5.56 Å². The van der Waals surface area contributed by atoms with Crippen LogP contribution in [0.3, 0.4) is 0 Å². The third kappa shape index (κ3) is 3.33. The van der Waals surface area contributed by atoms with Crippen molar-refractivity contribution in [3.05, 3.63) is 62.9 Å². The number of nitrogens with zero attached hydrogens (tertiary/aromatic N) is 2. The van der Waals surface area contributed by atoms with Crippen LogP contribution in [0.25, 0.3) is 0 Å². The molecule has 0 saturated carbocycles. The molecular formula is C13H11N3O3. The molecule has 0 aliphatic rings. The zero-order valence-electron chi connectivity index (χ0n) is 10.00. The number of aromatic nitrogens is 2. The number of hydrogen-bond acceptors (Lipinski definition) is 4. The molecule has 2 aromatic rings. The van der Waals surface area contributed by atoms with E-state index in [4.69, 9.17) is 10.00 Å². The summed E-state index contributed by atoms with van der Waals surface area (Å²) in [6, 6.07) is 10.0. The van der Waals surface area contributed by atoms with Crippen LogP contribution in [0, 0.1) is 11.3 Å². The van der Waals surface area contributed by atoms with Crippen LogP contribution in [0.2, 0.25) is 0 Å². The largest absolute Gasteiger partial charge is 0.492 e. The summed E-state index contributed by atoms with van der Waals surface area (Å²) in [4.78, 5) is 24.4. The van der Waals surface area contributed by atoms with E-state index in [0.29, 0.717) is 17.9 Å². The van der Waals surface area contributed by atoms with Gasteiger partial charge in [-0.3, -0.25) is 14.3 Å². The molecule has 0 aliphatic heterocycles. The number of benzene rings is 1. The maximum Gasteiger partial charge on any atom is 0.328 e. The number of rotatable bonds is 4. The van der Waals surface area contributed by atoms with E-state index in [9.17, 15) is 9.59 Å². The first-order chi connectivity index (χ1) is 9.19. The van der Waals surface area contributed by atoms with Crippen molar-refractivity contribution in [3.8, 4) is 11.8 Å². The Hall–Kier alpha value is -2.81. The molecule has 0 saturated heterocycles. The molecule has 2 rings (SSSR count). The lowest BCUT2D eigenvalue weighted by Crippen LogP contribution is -2.30. The van der Waals surface area contributed by atoms with Gasteiger partial charge in [0.2, 0.25) is 0 Å². The predicted octanol–water partition coefficient (Wildman–Crippen LogP) is 0.487. The van der Waals surface area contributed by atoms with E-state index in [1.54, 1.807) is 24.3 Å². The quantitative estimate of drug-likeness (QED) is 0.863. The van der Waals surface area contributed by atoms with Gasteiger partial charge < -0.3 is 4.74 Å². The summed E-state index contributed by atoms with van der Waals surface area (Å²) >= 11 is 0. The fraction of sp³-hybridized carbons (Fsp3) is 0.154. The number of nitriles is 1. The SMILES string of the molecule is N#Cc1cccc(OCCn2ccc(=O)[nH]c2=O)c1. The van der Waals surface area contributed by atoms with E-state index in [0.717, 1.165) is 0 Å². The molecule has 1 heterocycles. The highest BCUT2D eigenvalue weighted by molar-refractivity contribution is 5.36. The van der Waals surface area contributed by atoms with Crippen LogP contribution >= 0.6 is 0 Å². The third-order valence-electron chi connectivity index (χ3n) is 2.46. The second-order valence-corrected chi connectivity index (χ2v) is 3.79. The molecule has 1 aromatic carbocycles. The predicted molar refractivity (Wildman–Crippen MR) is 68.0 cm³/mol. The maximum absolute atomic E-state index is 11.4. The van der Waals surface area contributed by atoms with Crippen molar-refractivity contribution >= 4 is 0 Å². The third-order valence-corrected chi connectivity index (χ3v) is 2.46. The molecular weight excluding hydrogens is 246 g/mol. The number of H-pyrrole nitrogens is 1. The van der Waals surface area contributed by atoms with Gasteiger partial charge in [-0.1, -0.05) is 6.07 Å². The van der Waals surface area contributed by atoms with Crippen molar-refractivity contribution in [2.24, 2.45) is 0 Å². The highest BCUT2D eigenvalue weighted by Gasteiger charge is 1.99. The molecule has 0 fully saturated rings. The minimum Gasteiger partial charge on any atom is -0.492 e. The molecule has 1 N–H and O–H groups in total. The Kier molecular flexibility index (Phi) is 3.78. The van der Waals surface area contributed by atoms with Gasteiger partial charge in [0.15, 0.2) is 0 Å². The fourth-order valence-corrected chi connectivity index (χ4v) is 1.54. The van der Waals surface area contributed by atoms with Gasteiger partial charge in [-0.25, -0.2) is 4.79 Å². The fourth-order valence-electron chi connectivity index (χ4n) is 1.54. The van der Waals surface area contributed by atoms with Crippen LogP contribution in [0.4, 0.5) is 0 Å². The summed E-state index contributed by atoms with van der Waals surface area (Å²) < 4.78 is 6.78. The summed E-state index contributed by atoms with van der Waals surface area (Å²) in [5.74, 6) is 0.566. The number of nitrogens with one attached hydrogen (secondary N) is 1. The van der Waals surface area contributed by atoms with Crippen molar-refractivity contribution < 1.29 is 4.74 Å². The molecule has 0 bridgehead atoms. The molecule has 0 spiro atoms. The molecule has 0 atom stereocenters. The number of ether oxygens (including phenoxy) is 1. The first kappa shape index (κ1) is 12.6. The average Bonchev–Trinajstić information content (AvgIpc) is 2.41. The van der Waals surface area contributed by atoms with E-state index in [1.807, 2.05) is 6.07 Å². The monoisotopic (exact) mass is 257 g/mol. The van der Waals surface area contributed by atoms with Crippen molar-refractivity contribution in [2.45, 2.75) is 6.54 Å². The molecule has 6 nitrogen and oxygen atoms in total. The standard InChI is InChI=1S/C13H11N3O3/c14-9-10-2-1-3-11(8-10)19-7-6-16-5-4-12(17)15-13(16)18/h1-5,8H,6-7H2,(H,15,17,18). The molecule has 0 radical (unpaired) electrons. The first-order valence-electron chi connectivity index (χ1n) is 5.62. The lowest BCUT2D eigenvalue weighted by Gasteiger charge is -2.07. The second-order valence-electron chi connectivity index (χ2n) is 3.79. The van der Waals surface area contributed by atoms with Gasteiger partial charge in [-0.2, -0.15) is 5.26 Å². The zero-order valence-corrected chi connectivity index (χ0v) is 10.00. The van der Waals surface area contributed by atoms with Crippen LogP contribution in [0.5, 0.6) is 5.75 Å². The Labute approximate surface area is 108 Å². The van der Waals surface area contributed by atoms with Crippen LogP contribution in [-0.4, -0.2) is 16.2 Å². The smallest absolute Gasteiger partial charge is 0.328 e. The average molecular weight is 257 g/mol. The molecule has 1 aromatic heterocycles. The normalized spacial score (nSPS) is 9.84. The Morgan fingerprint density at radius 2 is 2.16 bits per heavy atom. The molecule has 96 valence electrons. The second kappa shape index (κ2) is 5.69. The Balaban J connectivity index is 1.98. The van der Waals surface area contributed by atoms with Crippen LogP contribution in [-0.2, 0) is 6.54 Å². The summed E-state index contributed by atoms with van der Waals surface area (Å²) in [7, 11) is 0. The van der Waals surface area contributed by atoms with E-state index in [2.05, 4.69) is 4.98 Å². The van der Waals surface area contributed by atoms with Gasteiger partial charge in [0.1, 0.15) is 12.4 Å². The summed E-state index contributed by atoms with van der Waals surface area (Å²) in [6.07, 6.45) is 1.41. The minimum atomic E-state index is -0.470. The van der Waals surface area contributed by atoms with E-state index in [1.165, 1.54) is 16.8 Å². The maximum atomic E-state index is 11.4. The van der Waals surface area contributed by atoms with Crippen LogP contribution in [0.15, 0.2) is 46.1 Å². The Morgan fingerprint density at radius 3 is 2.89 bits per heavy atom. The van der Waals surface area contributed by atoms with Gasteiger partial charge >= 0.3 is 5.69 Å². The zero-order chi connectivity index (χ0) is 13.7. The Morgan fingerprint density at radius 1 is 1.32 bits per heavy atom. The molecule has 19 heavy (non-hydrogen) atoms. The molecule has 0 unspecified atom stereocenters. The van der Waals surface area contributed by atoms with Crippen molar-refractivity contribution in [2.75, 3.05) is 6.61 Å². The summed E-state index contributed by atoms with van der Waals surface area (Å²) in [5.41, 5.74) is -0.385. The molecule has 0 aliphatic carbocycles. The molecule has 6 heteroatoms. The van der Waals surface area contributed by atoms with E-state index >= 15 is 0 Å². The van der Waals surface area contributed by atoms with Gasteiger partial charge in [0.05, 0.1) is 18.2 Å². The number of hydrogen-bond donors (Lipinski definition) is 1. The van der Waals surface area contributed by atoms with Crippen molar-refractivity contribution in [1.29, 1.82) is 5.26 Å². The molecule has 0 amide bonds. The van der Waals surface area contributed by atoms with E-state index < -0.39 is 11.2 Å². The first-order valence-corrected chi connectivity index (χ1v) is 5.62. The van der Waals surface area contributed by atoms with Gasteiger partial charge in [-0.15, -0.1) is 0 Å².